The number of hydrogen-bond donors (Lipinski definition) is 1. The molecule has 0 unspecified atom stereocenters. The maximum Gasteiger partial charge on any atom is 0.299 e. The zero-order valence-corrected chi connectivity index (χ0v) is 13.3. The summed E-state index contributed by atoms with van der Waals surface area (Å²) in [6, 6.07) is 7.97. The molecule has 1 aromatic heterocycles. The lowest BCUT2D eigenvalue weighted by molar-refractivity contribution is 0.202. The van der Waals surface area contributed by atoms with Crippen molar-refractivity contribution in [2.75, 3.05) is 20.3 Å². The maximum absolute atomic E-state index is 5.71. The van der Waals surface area contributed by atoms with Gasteiger partial charge in [-0.15, -0.1) is 5.10 Å². The standard InChI is InChI=1S/C15H21N3O2S/c1-3-9-16-11-14-17-18-15(21-14)20-13-6-4-12(5-7-13)8-10-19-2/h4-7,16H,3,8-11H2,1-2H3. The molecule has 114 valence electrons. The molecule has 0 bridgehead atoms. The van der Waals surface area contributed by atoms with Gasteiger partial charge in [-0.2, -0.15) is 0 Å². The number of aromatic nitrogens is 2. The van der Waals surface area contributed by atoms with E-state index in [1.54, 1.807) is 7.11 Å². The molecule has 2 aromatic rings. The predicted octanol–water partition coefficient (Wildman–Crippen LogP) is 3.02. The molecule has 0 radical (unpaired) electrons. The van der Waals surface area contributed by atoms with Gasteiger partial charge in [0.1, 0.15) is 10.8 Å². The minimum Gasteiger partial charge on any atom is -0.430 e. The van der Waals surface area contributed by atoms with Crippen LogP contribution >= 0.6 is 11.3 Å². The SMILES string of the molecule is CCCNCc1nnc(Oc2ccc(CCOC)cc2)s1. The number of rotatable bonds is 9. The lowest BCUT2D eigenvalue weighted by Crippen LogP contribution is -2.13. The van der Waals surface area contributed by atoms with Crippen molar-refractivity contribution in [1.82, 2.24) is 15.5 Å². The molecule has 0 spiro atoms. The van der Waals surface area contributed by atoms with Crippen LogP contribution < -0.4 is 10.1 Å². The highest BCUT2D eigenvalue weighted by Gasteiger charge is 2.06. The van der Waals surface area contributed by atoms with E-state index in [-0.39, 0.29) is 0 Å². The van der Waals surface area contributed by atoms with Gasteiger partial charge in [-0.3, -0.25) is 0 Å². The average Bonchev–Trinajstić information content (AvgIpc) is 2.94. The van der Waals surface area contributed by atoms with Crippen LogP contribution in [0.1, 0.15) is 23.9 Å². The molecular weight excluding hydrogens is 286 g/mol. The maximum atomic E-state index is 5.71. The lowest BCUT2D eigenvalue weighted by atomic mass is 10.1. The summed E-state index contributed by atoms with van der Waals surface area (Å²) in [7, 11) is 1.71. The van der Waals surface area contributed by atoms with Crippen LogP contribution in [0, 0.1) is 0 Å². The fourth-order valence-corrected chi connectivity index (χ4v) is 2.44. The fraction of sp³-hybridized carbons (Fsp3) is 0.467. The van der Waals surface area contributed by atoms with Crippen molar-refractivity contribution in [2.24, 2.45) is 0 Å². The highest BCUT2D eigenvalue weighted by atomic mass is 32.1. The Hall–Kier alpha value is -1.50. The molecule has 0 fully saturated rings. The Labute approximate surface area is 129 Å². The van der Waals surface area contributed by atoms with Crippen LogP contribution in [0.15, 0.2) is 24.3 Å². The molecule has 2 rings (SSSR count). The first-order chi connectivity index (χ1) is 10.3. The molecule has 1 heterocycles. The van der Waals surface area contributed by atoms with E-state index in [2.05, 4.69) is 22.4 Å². The number of ether oxygens (including phenoxy) is 2. The number of hydrogen-bond acceptors (Lipinski definition) is 6. The zero-order valence-electron chi connectivity index (χ0n) is 12.5. The summed E-state index contributed by atoms with van der Waals surface area (Å²) in [5.74, 6) is 0.778. The molecule has 0 amide bonds. The number of nitrogens with one attached hydrogen (secondary N) is 1. The molecule has 1 N–H and O–H groups in total. The monoisotopic (exact) mass is 307 g/mol. The Morgan fingerprint density at radius 3 is 2.71 bits per heavy atom. The highest BCUT2D eigenvalue weighted by Crippen LogP contribution is 2.25. The Morgan fingerprint density at radius 2 is 2.00 bits per heavy atom. The number of methoxy groups -OCH3 is 1. The third-order valence-corrected chi connectivity index (χ3v) is 3.68. The van der Waals surface area contributed by atoms with E-state index in [0.717, 1.165) is 43.3 Å². The number of nitrogens with zero attached hydrogens (tertiary/aromatic N) is 2. The molecule has 0 atom stereocenters. The summed E-state index contributed by atoms with van der Waals surface area (Å²) in [5.41, 5.74) is 1.23. The van der Waals surface area contributed by atoms with Crippen LogP contribution in [-0.2, 0) is 17.7 Å². The fourth-order valence-electron chi connectivity index (χ4n) is 1.77. The summed E-state index contributed by atoms with van der Waals surface area (Å²) >= 11 is 1.47. The summed E-state index contributed by atoms with van der Waals surface area (Å²) in [5, 5.41) is 13.0. The van der Waals surface area contributed by atoms with Crippen LogP contribution in [0.2, 0.25) is 0 Å². The highest BCUT2D eigenvalue weighted by molar-refractivity contribution is 7.13. The van der Waals surface area contributed by atoms with Crippen molar-refractivity contribution in [2.45, 2.75) is 26.3 Å². The average molecular weight is 307 g/mol. The quantitative estimate of drug-likeness (QED) is 0.722. The largest absolute Gasteiger partial charge is 0.430 e. The van der Waals surface area contributed by atoms with Crippen LogP contribution in [0.5, 0.6) is 10.9 Å². The van der Waals surface area contributed by atoms with E-state index in [0.29, 0.717) is 5.19 Å². The number of benzene rings is 1. The first-order valence-corrected chi connectivity index (χ1v) is 7.92. The molecule has 0 aliphatic carbocycles. The van der Waals surface area contributed by atoms with Crippen molar-refractivity contribution in [1.29, 1.82) is 0 Å². The molecule has 0 saturated heterocycles. The van der Waals surface area contributed by atoms with E-state index in [4.69, 9.17) is 9.47 Å². The van der Waals surface area contributed by atoms with Crippen LogP contribution in [0.4, 0.5) is 0 Å². The van der Waals surface area contributed by atoms with Crippen LogP contribution in [0.25, 0.3) is 0 Å². The second kappa shape index (κ2) is 8.71. The first kappa shape index (κ1) is 15.9. The van der Waals surface area contributed by atoms with Gasteiger partial charge in [0.05, 0.1) is 6.61 Å². The second-order valence-electron chi connectivity index (χ2n) is 4.63. The summed E-state index contributed by atoms with van der Waals surface area (Å²) in [4.78, 5) is 0. The lowest BCUT2D eigenvalue weighted by Gasteiger charge is -2.03. The molecule has 0 aliphatic heterocycles. The minimum absolute atomic E-state index is 0.577. The molecule has 5 nitrogen and oxygen atoms in total. The van der Waals surface area contributed by atoms with E-state index >= 15 is 0 Å². The van der Waals surface area contributed by atoms with Crippen LogP contribution in [-0.4, -0.2) is 30.5 Å². The van der Waals surface area contributed by atoms with Crippen molar-refractivity contribution in [3.8, 4) is 10.9 Å². The molecule has 6 heteroatoms. The third-order valence-electron chi connectivity index (χ3n) is 2.87. The van der Waals surface area contributed by atoms with Gasteiger partial charge in [-0.05, 0) is 37.1 Å². The third kappa shape index (κ3) is 5.41. The topological polar surface area (TPSA) is 56.3 Å². The van der Waals surface area contributed by atoms with Gasteiger partial charge >= 0.3 is 0 Å². The van der Waals surface area contributed by atoms with E-state index in [1.165, 1.54) is 16.9 Å². The molecule has 1 aromatic carbocycles. The summed E-state index contributed by atoms with van der Waals surface area (Å²) in [6.45, 7) is 4.59. The van der Waals surface area contributed by atoms with Gasteiger partial charge in [-0.25, -0.2) is 0 Å². The Balaban J connectivity index is 1.86. The summed E-state index contributed by atoms with van der Waals surface area (Å²) in [6.07, 6.45) is 2.01. The van der Waals surface area contributed by atoms with E-state index in [1.807, 2.05) is 24.3 Å². The second-order valence-corrected chi connectivity index (χ2v) is 5.65. The van der Waals surface area contributed by atoms with Crippen LogP contribution in [0.3, 0.4) is 0 Å². The van der Waals surface area contributed by atoms with E-state index < -0.39 is 0 Å². The van der Waals surface area contributed by atoms with Crippen molar-refractivity contribution in [3.63, 3.8) is 0 Å². The van der Waals surface area contributed by atoms with Crippen molar-refractivity contribution < 1.29 is 9.47 Å². The predicted molar refractivity (Wildman–Crippen MR) is 84.0 cm³/mol. The van der Waals surface area contributed by atoms with Gasteiger partial charge in [0.25, 0.3) is 5.19 Å². The Morgan fingerprint density at radius 1 is 1.19 bits per heavy atom. The first-order valence-electron chi connectivity index (χ1n) is 7.10. The van der Waals surface area contributed by atoms with Gasteiger partial charge in [0.15, 0.2) is 0 Å². The van der Waals surface area contributed by atoms with E-state index in [9.17, 15) is 0 Å². The Bertz CT molecular complexity index is 528. The van der Waals surface area contributed by atoms with Crippen molar-refractivity contribution in [3.05, 3.63) is 34.8 Å². The van der Waals surface area contributed by atoms with Gasteiger partial charge < -0.3 is 14.8 Å². The van der Waals surface area contributed by atoms with Gasteiger partial charge in [0, 0.05) is 13.7 Å². The smallest absolute Gasteiger partial charge is 0.299 e. The van der Waals surface area contributed by atoms with Gasteiger partial charge in [0.2, 0.25) is 0 Å². The molecular formula is C15H21N3O2S. The Kier molecular flexibility index (Phi) is 6.59. The van der Waals surface area contributed by atoms with Gasteiger partial charge in [-0.1, -0.05) is 35.5 Å². The normalized spacial score (nSPS) is 10.8. The molecule has 0 aliphatic rings. The summed E-state index contributed by atoms with van der Waals surface area (Å²) < 4.78 is 10.8. The zero-order chi connectivity index (χ0) is 14.9. The molecule has 0 saturated carbocycles. The minimum atomic E-state index is 0.577. The molecule has 21 heavy (non-hydrogen) atoms. The van der Waals surface area contributed by atoms with Crippen molar-refractivity contribution >= 4 is 11.3 Å².